The monoisotopic (exact) mass is 650 g/mol. The number of hydrogen-bond acceptors (Lipinski definition) is 8. The zero-order valence-electron chi connectivity index (χ0n) is 28.8. The molecule has 1 aromatic carbocycles. The number of fused-ring (bicyclic) bond motifs is 3. The van der Waals surface area contributed by atoms with Crippen molar-refractivity contribution in [1.82, 2.24) is 0 Å². The number of ether oxygens (including phenoxy) is 2. The molecule has 8 heteroatoms. The van der Waals surface area contributed by atoms with E-state index in [9.17, 15) is 29.7 Å². The maximum atomic E-state index is 14.9. The van der Waals surface area contributed by atoms with Crippen molar-refractivity contribution in [3.05, 3.63) is 59.2 Å². The molecule has 8 nitrogen and oxygen atoms in total. The van der Waals surface area contributed by atoms with E-state index in [1.165, 1.54) is 38.5 Å². The third kappa shape index (κ3) is 5.72. The Morgan fingerprint density at radius 1 is 0.979 bits per heavy atom. The van der Waals surface area contributed by atoms with Crippen LogP contribution in [-0.2, 0) is 19.1 Å². The molecular weight excluding hydrogens is 596 g/mol. The number of unbranched alkanes of at least 4 members (excludes halogenated alkanes) is 8. The summed E-state index contributed by atoms with van der Waals surface area (Å²) in [6.07, 6.45) is 11.1. The summed E-state index contributed by atoms with van der Waals surface area (Å²) in [5.41, 5.74) is -4.67. The first-order valence-electron chi connectivity index (χ1n) is 17.8. The van der Waals surface area contributed by atoms with Crippen LogP contribution in [-0.4, -0.2) is 63.1 Å². The molecule has 0 radical (unpaired) electrons. The molecule has 258 valence electrons. The van der Waals surface area contributed by atoms with Crippen LogP contribution in [0.15, 0.2) is 53.6 Å². The highest BCUT2D eigenvalue weighted by atomic mass is 16.6. The van der Waals surface area contributed by atoms with Gasteiger partial charge < -0.3 is 24.8 Å². The second kappa shape index (κ2) is 13.6. The molecule has 4 aliphatic rings. The van der Waals surface area contributed by atoms with Gasteiger partial charge in [0.15, 0.2) is 17.5 Å². The molecule has 5 rings (SSSR count). The van der Waals surface area contributed by atoms with E-state index in [0.717, 1.165) is 19.3 Å². The van der Waals surface area contributed by atoms with Gasteiger partial charge in [-0.3, -0.25) is 9.59 Å². The summed E-state index contributed by atoms with van der Waals surface area (Å²) >= 11 is 0. The van der Waals surface area contributed by atoms with Crippen LogP contribution in [0.5, 0.6) is 0 Å². The van der Waals surface area contributed by atoms with E-state index in [1.54, 1.807) is 49.4 Å². The average molecular weight is 651 g/mol. The van der Waals surface area contributed by atoms with Crippen molar-refractivity contribution in [2.45, 2.75) is 129 Å². The number of aliphatic hydroxyl groups excluding tert-OH is 2. The Balaban J connectivity index is 1.40. The highest BCUT2D eigenvalue weighted by Crippen LogP contribution is 2.75. The lowest BCUT2D eigenvalue weighted by atomic mass is 9.59. The van der Waals surface area contributed by atoms with Crippen LogP contribution in [0.2, 0.25) is 0 Å². The molecule has 47 heavy (non-hydrogen) atoms. The van der Waals surface area contributed by atoms with E-state index in [-0.39, 0.29) is 29.3 Å². The number of aliphatic hydroxyl groups is 3. The van der Waals surface area contributed by atoms with Gasteiger partial charge in [0.05, 0.1) is 17.6 Å². The smallest absolute Gasteiger partial charge is 0.338 e. The van der Waals surface area contributed by atoms with Gasteiger partial charge in [0.1, 0.15) is 11.7 Å². The largest absolute Gasteiger partial charge is 0.458 e. The standard InChI is InChI=1S/C39H54O8/c1-6-7-8-9-10-11-12-13-17-20-30(41)47-38-23-26(3)37-22-25(2)34(46-35(44)27-18-15-14-16-19-27)39(37,45)32(42)28(24-40)21-29(33(37)43)31(38)36(38,4)5/h14-16,18-19,21-22,26,29,31-32,34,40,42,45H,6-13,17,20,23-24H2,1-5H3/t26-,29-,31-,32-,34+,37-,38+,39+/m1/s1. The Morgan fingerprint density at radius 2 is 1.60 bits per heavy atom. The quantitative estimate of drug-likeness (QED) is 0.122. The third-order valence-electron chi connectivity index (χ3n) is 12.0. The normalized spacial score (nSPS) is 35.1. The second-order valence-corrected chi connectivity index (χ2v) is 15.2. The van der Waals surface area contributed by atoms with Crippen LogP contribution in [0.25, 0.3) is 0 Å². The van der Waals surface area contributed by atoms with Crippen molar-refractivity contribution in [2.75, 3.05) is 6.61 Å². The lowest BCUT2D eigenvalue weighted by Crippen LogP contribution is -2.66. The molecule has 0 unspecified atom stereocenters. The second-order valence-electron chi connectivity index (χ2n) is 15.2. The zero-order chi connectivity index (χ0) is 34.2. The summed E-state index contributed by atoms with van der Waals surface area (Å²) < 4.78 is 12.3. The van der Waals surface area contributed by atoms with Gasteiger partial charge in [0, 0.05) is 23.7 Å². The highest BCUT2D eigenvalue weighted by Gasteiger charge is 2.83. The number of carbonyl (C=O) groups excluding carboxylic acids is 3. The summed E-state index contributed by atoms with van der Waals surface area (Å²) in [4.78, 5) is 41.6. The summed E-state index contributed by atoms with van der Waals surface area (Å²) in [7, 11) is 0. The fourth-order valence-corrected chi connectivity index (χ4v) is 9.48. The van der Waals surface area contributed by atoms with Crippen LogP contribution in [0.4, 0.5) is 0 Å². The molecule has 2 bridgehead atoms. The molecular formula is C39H54O8. The molecule has 1 spiro atoms. The van der Waals surface area contributed by atoms with Crippen molar-refractivity contribution in [3.8, 4) is 0 Å². The SMILES string of the molecule is CCCCCCCCCCCC(=O)O[C@@]12C[C@@H](C)[C@@]34C=C(C)[C@H](OC(=O)c5ccccc5)[C@@]3(O)[C@H](O)C(CO)=C[C@@H](C4=O)[C@@H]1C2(C)C. The molecule has 4 aliphatic carbocycles. The molecule has 0 aromatic heterocycles. The van der Waals surface area contributed by atoms with Crippen LogP contribution < -0.4 is 0 Å². The maximum absolute atomic E-state index is 14.9. The lowest BCUT2D eigenvalue weighted by Gasteiger charge is -2.49. The number of benzene rings is 1. The van der Waals surface area contributed by atoms with Crippen molar-refractivity contribution in [2.24, 2.45) is 28.6 Å². The van der Waals surface area contributed by atoms with Gasteiger partial charge in [-0.25, -0.2) is 4.79 Å². The van der Waals surface area contributed by atoms with Crippen LogP contribution in [0.3, 0.4) is 0 Å². The predicted molar refractivity (Wildman–Crippen MR) is 178 cm³/mol. The van der Waals surface area contributed by atoms with Gasteiger partial charge in [-0.05, 0) is 49.0 Å². The van der Waals surface area contributed by atoms with Crippen molar-refractivity contribution in [1.29, 1.82) is 0 Å². The molecule has 0 heterocycles. The average Bonchev–Trinajstić information content (AvgIpc) is 3.44. The Morgan fingerprint density at radius 3 is 2.21 bits per heavy atom. The molecule has 8 atom stereocenters. The topological polar surface area (TPSA) is 130 Å². The number of allylic oxidation sites excluding steroid dienone is 1. The van der Waals surface area contributed by atoms with E-state index in [4.69, 9.17) is 9.47 Å². The first-order chi connectivity index (χ1) is 22.3. The van der Waals surface area contributed by atoms with Crippen LogP contribution in [0.1, 0.15) is 116 Å². The van der Waals surface area contributed by atoms with E-state index >= 15 is 0 Å². The molecule has 0 saturated heterocycles. The Bertz CT molecular complexity index is 1400. The van der Waals surface area contributed by atoms with Crippen molar-refractivity contribution >= 4 is 17.7 Å². The lowest BCUT2D eigenvalue weighted by molar-refractivity contribution is -0.192. The van der Waals surface area contributed by atoms with Gasteiger partial charge in [0.25, 0.3) is 0 Å². The van der Waals surface area contributed by atoms with Gasteiger partial charge in [-0.2, -0.15) is 0 Å². The third-order valence-corrected chi connectivity index (χ3v) is 12.0. The highest BCUT2D eigenvalue weighted by molar-refractivity contribution is 5.96. The van der Waals surface area contributed by atoms with Crippen molar-refractivity contribution in [3.63, 3.8) is 0 Å². The maximum Gasteiger partial charge on any atom is 0.338 e. The summed E-state index contributed by atoms with van der Waals surface area (Å²) in [6.45, 7) is 9.14. The van der Waals surface area contributed by atoms with E-state index in [2.05, 4.69) is 6.92 Å². The van der Waals surface area contributed by atoms with Gasteiger partial charge in [-0.1, -0.05) is 109 Å². The van der Waals surface area contributed by atoms with Gasteiger partial charge in [-0.15, -0.1) is 0 Å². The number of Topliss-reactive ketones (excluding diaryl/α,β-unsaturated/α-hetero) is 1. The predicted octanol–water partition coefficient (Wildman–Crippen LogP) is 6.27. The van der Waals surface area contributed by atoms with Crippen molar-refractivity contribution < 1.29 is 39.2 Å². The van der Waals surface area contributed by atoms with E-state index in [0.29, 0.717) is 12.0 Å². The minimum Gasteiger partial charge on any atom is -0.458 e. The first-order valence-corrected chi connectivity index (χ1v) is 17.8. The van der Waals surface area contributed by atoms with Crippen LogP contribution >= 0.6 is 0 Å². The van der Waals surface area contributed by atoms with Gasteiger partial charge in [0.2, 0.25) is 0 Å². The number of esters is 2. The Labute approximate surface area is 279 Å². The Kier molecular flexibility index (Phi) is 10.3. The Hall–Kier alpha value is -2.81. The molecule has 0 aliphatic heterocycles. The fraction of sp³-hybridized carbons (Fsp3) is 0.667. The molecule has 1 aromatic rings. The summed E-state index contributed by atoms with van der Waals surface area (Å²) in [5, 5.41) is 35.0. The minimum absolute atomic E-state index is 0.0864. The zero-order valence-corrected chi connectivity index (χ0v) is 28.8. The summed E-state index contributed by atoms with van der Waals surface area (Å²) in [5.74, 6) is -3.16. The number of hydrogen-bond donors (Lipinski definition) is 3. The van der Waals surface area contributed by atoms with E-state index < -0.39 is 64.6 Å². The first kappa shape index (κ1) is 35.5. The molecule has 3 N–H and O–H groups in total. The van der Waals surface area contributed by atoms with E-state index in [1.807, 2.05) is 20.8 Å². The number of carbonyl (C=O) groups is 3. The summed E-state index contributed by atoms with van der Waals surface area (Å²) in [6, 6.07) is 8.35. The molecule has 0 amide bonds. The molecule has 2 fully saturated rings. The van der Waals surface area contributed by atoms with Crippen LogP contribution in [0, 0.1) is 28.6 Å². The number of rotatable bonds is 14. The number of ketones is 1. The minimum atomic E-state index is -2.29. The van der Waals surface area contributed by atoms with Gasteiger partial charge >= 0.3 is 11.9 Å². The molecule has 2 saturated carbocycles. The fourth-order valence-electron chi connectivity index (χ4n) is 9.48.